The van der Waals surface area contributed by atoms with E-state index in [0.717, 1.165) is 0 Å². The first-order valence-corrected chi connectivity index (χ1v) is 6.95. The summed E-state index contributed by atoms with van der Waals surface area (Å²) in [5, 5.41) is 16.3. The van der Waals surface area contributed by atoms with Gasteiger partial charge in [0, 0.05) is 6.20 Å². The molecule has 2 unspecified atom stereocenters. The van der Waals surface area contributed by atoms with Gasteiger partial charge in [0.2, 0.25) is 5.91 Å². The number of aliphatic carboxylic acids is 1. The minimum Gasteiger partial charge on any atom is -0.480 e. The summed E-state index contributed by atoms with van der Waals surface area (Å²) < 4.78 is 12.9. The SMILES string of the molecule is C[C@]1(Cn2ccnn2)[C@H](C(=O)O)N2C(=O)CC2S1=O. The van der Waals surface area contributed by atoms with Gasteiger partial charge < -0.3 is 10.0 Å². The molecular formula is C10H12N4O4S. The zero-order valence-electron chi connectivity index (χ0n) is 10.1. The van der Waals surface area contributed by atoms with Crippen LogP contribution in [0, 0.1) is 0 Å². The standard InChI is InChI=1S/C10H12N4O4S/c1-10(5-13-3-2-11-12-13)8(9(16)17)14-6(15)4-7(14)19(10)18/h2-3,7-8H,4-5H2,1H3,(H,16,17)/t7?,8-,10-,19?/m0/s1. The average Bonchev–Trinajstić information content (AvgIpc) is 2.88. The molecule has 2 aliphatic heterocycles. The van der Waals surface area contributed by atoms with Gasteiger partial charge in [-0.2, -0.15) is 0 Å². The molecule has 2 fully saturated rings. The number of aromatic nitrogens is 3. The molecule has 8 nitrogen and oxygen atoms in total. The topological polar surface area (TPSA) is 105 Å². The van der Waals surface area contributed by atoms with Gasteiger partial charge in [0.25, 0.3) is 0 Å². The van der Waals surface area contributed by atoms with Crippen molar-refractivity contribution < 1.29 is 18.9 Å². The third kappa shape index (κ3) is 1.54. The summed E-state index contributed by atoms with van der Waals surface area (Å²) in [5.41, 5.74) is 0. The summed E-state index contributed by atoms with van der Waals surface area (Å²) in [6, 6.07) is -1.08. The molecule has 3 rings (SSSR count). The quantitative estimate of drug-likeness (QED) is 0.700. The molecule has 102 valence electrons. The van der Waals surface area contributed by atoms with E-state index in [2.05, 4.69) is 10.3 Å². The van der Waals surface area contributed by atoms with Crippen molar-refractivity contribution in [1.29, 1.82) is 0 Å². The molecule has 0 spiro atoms. The molecular weight excluding hydrogens is 272 g/mol. The van der Waals surface area contributed by atoms with Crippen LogP contribution >= 0.6 is 0 Å². The third-order valence-electron chi connectivity index (χ3n) is 3.69. The highest BCUT2D eigenvalue weighted by atomic mass is 32.2. The Morgan fingerprint density at radius 2 is 2.42 bits per heavy atom. The second-order valence-electron chi connectivity index (χ2n) is 4.91. The molecule has 1 amide bonds. The Morgan fingerprint density at radius 3 is 2.95 bits per heavy atom. The molecule has 0 bridgehead atoms. The summed E-state index contributed by atoms with van der Waals surface area (Å²) in [6.07, 6.45) is 3.21. The van der Waals surface area contributed by atoms with Crippen molar-refractivity contribution in [3.05, 3.63) is 12.4 Å². The van der Waals surface area contributed by atoms with Gasteiger partial charge in [0.1, 0.15) is 11.4 Å². The smallest absolute Gasteiger partial charge is 0.328 e. The van der Waals surface area contributed by atoms with Crippen LogP contribution < -0.4 is 0 Å². The fraction of sp³-hybridized carbons (Fsp3) is 0.600. The van der Waals surface area contributed by atoms with E-state index in [1.165, 1.54) is 15.8 Å². The molecule has 1 aromatic rings. The van der Waals surface area contributed by atoms with Crippen molar-refractivity contribution in [3.63, 3.8) is 0 Å². The number of carboxylic acid groups (broad SMARTS) is 1. The lowest BCUT2D eigenvalue weighted by molar-refractivity contribution is -0.157. The van der Waals surface area contributed by atoms with Crippen LogP contribution in [0.25, 0.3) is 0 Å². The van der Waals surface area contributed by atoms with Gasteiger partial charge in [-0.05, 0) is 6.92 Å². The van der Waals surface area contributed by atoms with E-state index < -0.39 is 32.9 Å². The molecule has 2 aliphatic rings. The molecule has 0 aliphatic carbocycles. The van der Waals surface area contributed by atoms with Crippen LogP contribution in [0.15, 0.2) is 12.4 Å². The normalized spacial score (nSPS) is 37.0. The molecule has 19 heavy (non-hydrogen) atoms. The Balaban J connectivity index is 1.99. The van der Waals surface area contributed by atoms with Gasteiger partial charge in [0.05, 0.1) is 34.7 Å². The van der Waals surface area contributed by atoms with E-state index in [4.69, 9.17) is 0 Å². The highest BCUT2D eigenvalue weighted by Crippen LogP contribution is 2.44. The number of carbonyl (C=O) groups is 2. The number of β-lactam (4-membered cyclic amide) rings is 1. The molecule has 0 radical (unpaired) electrons. The number of nitrogens with zero attached hydrogens (tertiary/aromatic N) is 4. The highest BCUT2D eigenvalue weighted by molar-refractivity contribution is 7.87. The second-order valence-corrected chi connectivity index (χ2v) is 6.98. The van der Waals surface area contributed by atoms with E-state index >= 15 is 0 Å². The lowest BCUT2D eigenvalue weighted by Gasteiger charge is -2.36. The van der Waals surface area contributed by atoms with Crippen molar-refractivity contribution in [1.82, 2.24) is 19.9 Å². The molecule has 1 N–H and O–H groups in total. The van der Waals surface area contributed by atoms with Gasteiger partial charge in [-0.25, -0.2) is 4.79 Å². The summed E-state index contributed by atoms with van der Waals surface area (Å²) >= 11 is 0. The number of carbonyl (C=O) groups excluding carboxylic acids is 1. The molecule has 0 saturated carbocycles. The van der Waals surface area contributed by atoms with E-state index in [9.17, 15) is 18.9 Å². The Kier molecular flexibility index (Phi) is 2.49. The number of amides is 1. The maximum absolute atomic E-state index is 12.5. The first-order valence-electron chi connectivity index (χ1n) is 5.74. The summed E-state index contributed by atoms with van der Waals surface area (Å²) in [7, 11) is -1.43. The lowest BCUT2D eigenvalue weighted by atomic mass is 9.96. The Labute approximate surface area is 110 Å². The summed E-state index contributed by atoms with van der Waals surface area (Å²) in [6.45, 7) is 1.77. The second kappa shape index (κ2) is 3.86. The number of carboxylic acids is 1. The average molecular weight is 284 g/mol. The first-order chi connectivity index (χ1) is 8.95. The van der Waals surface area contributed by atoms with Crippen molar-refractivity contribution in [2.75, 3.05) is 0 Å². The van der Waals surface area contributed by atoms with Gasteiger partial charge in [-0.1, -0.05) is 5.21 Å². The van der Waals surface area contributed by atoms with E-state index in [1.807, 2.05) is 0 Å². The molecule has 9 heteroatoms. The van der Waals surface area contributed by atoms with Crippen LogP contribution in [0.2, 0.25) is 0 Å². The van der Waals surface area contributed by atoms with Crippen molar-refractivity contribution in [2.45, 2.75) is 36.1 Å². The zero-order valence-corrected chi connectivity index (χ0v) is 10.9. The van der Waals surface area contributed by atoms with Crippen LogP contribution in [-0.2, 0) is 26.9 Å². The molecule has 1 aromatic heterocycles. The van der Waals surface area contributed by atoms with E-state index in [1.54, 1.807) is 13.1 Å². The minimum absolute atomic E-state index is 0.150. The Morgan fingerprint density at radius 1 is 1.68 bits per heavy atom. The monoisotopic (exact) mass is 284 g/mol. The van der Waals surface area contributed by atoms with Crippen LogP contribution in [0.4, 0.5) is 0 Å². The zero-order chi connectivity index (χ0) is 13.8. The Hall–Kier alpha value is -1.77. The van der Waals surface area contributed by atoms with Gasteiger partial charge in [-0.15, -0.1) is 5.10 Å². The van der Waals surface area contributed by atoms with Crippen molar-refractivity contribution >= 4 is 22.7 Å². The fourth-order valence-electron chi connectivity index (χ4n) is 2.77. The van der Waals surface area contributed by atoms with E-state index in [-0.39, 0.29) is 18.9 Å². The van der Waals surface area contributed by atoms with Gasteiger partial charge in [0.15, 0.2) is 0 Å². The Bertz CT molecular complexity index is 574. The fourth-order valence-corrected chi connectivity index (χ4v) is 4.83. The molecule has 2 saturated heterocycles. The molecule has 4 atom stereocenters. The first kappa shape index (κ1) is 12.3. The summed E-state index contributed by atoms with van der Waals surface area (Å²) in [4.78, 5) is 24.2. The molecule has 0 aromatic carbocycles. The predicted octanol–water partition coefficient (Wildman–Crippen LogP) is -1.19. The van der Waals surface area contributed by atoms with E-state index in [0.29, 0.717) is 0 Å². The van der Waals surface area contributed by atoms with Crippen LogP contribution in [0.1, 0.15) is 13.3 Å². The maximum Gasteiger partial charge on any atom is 0.328 e. The van der Waals surface area contributed by atoms with Crippen molar-refractivity contribution in [2.24, 2.45) is 0 Å². The number of hydrogen-bond donors (Lipinski definition) is 1. The van der Waals surface area contributed by atoms with Gasteiger partial charge in [-0.3, -0.25) is 13.7 Å². The maximum atomic E-state index is 12.5. The highest BCUT2D eigenvalue weighted by Gasteiger charge is 2.65. The van der Waals surface area contributed by atoms with Crippen LogP contribution in [0.3, 0.4) is 0 Å². The summed E-state index contributed by atoms with van der Waals surface area (Å²) in [5.74, 6) is -1.39. The lowest BCUT2D eigenvalue weighted by Crippen LogP contribution is -2.58. The van der Waals surface area contributed by atoms with Crippen LogP contribution in [-0.4, -0.2) is 57.2 Å². The largest absolute Gasteiger partial charge is 0.480 e. The number of fused-ring (bicyclic) bond motifs is 1. The third-order valence-corrected chi connectivity index (χ3v) is 5.85. The minimum atomic E-state index is -1.43. The number of rotatable bonds is 3. The van der Waals surface area contributed by atoms with Crippen LogP contribution in [0.5, 0.6) is 0 Å². The molecule has 3 heterocycles. The predicted molar refractivity (Wildman–Crippen MR) is 63.2 cm³/mol. The van der Waals surface area contributed by atoms with Crippen molar-refractivity contribution in [3.8, 4) is 0 Å². The van der Waals surface area contributed by atoms with Gasteiger partial charge >= 0.3 is 5.97 Å². The number of hydrogen-bond acceptors (Lipinski definition) is 5.